The Morgan fingerprint density at radius 2 is 1.93 bits per heavy atom. The number of rotatable bonds is 2. The Morgan fingerprint density at radius 1 is 1.21 bits per heavy atom. The molecular formula is C18H26N6O4. The van der Waals surface area contributed by atoms with Crippen molar-refractivity contribution < 1.29 is 19.5 Å². The summed E-state index contributed by atoms with van der Waals surface area (Å²) in [6, 6.07) is -0.705. The van der Waals surface area contributed by atoms with Gasteiger partial charge in [-0.3, -0.25) is 5.21 Å². The van der Waals surface area contributed by atoms with Gasteiger partial charge in [0.1, 0.15) is 5.60 Å². The smallest absolute Gasteiger partial charge is 0.410 e. The van der Waals surface area contributed by atoms with E-state index in [1.54, 1.807) is 20.7 Å². The summed E-state index contributed by atoms with van der Waals surface area (Å²) in [4.78, 5) is 29.6. The van der Waals surface area contributed by atoms with Crippen LogP contribution < -0.4 is 4.90 Å². The third-order valence-corrected chi connectivity index (χ3v) is 5.09. The van der Waals surface area contributed by atoms with Crippen molar-refractivity contribution in [3.63, 3.8) is 0 Å². The maximum atomic E-state index is 12.2. The van der Waals surface area contributed by atoms with E-state index in [0.29, 0.717) is 39.3 Å². The molecule has 0 spiro atoms. The van der Waals surface area contributed by atoms with Gasteiger partial charge in [0.05, 0.1) is 36.4 Å². The fourth-order valence-corrected chi connectivity index (χ4v) is 3.65. The molecule has 0 saturated carbocycles. The molecule has 3 amide bonds. The first-order valence-corrected chi connectivity index (χ1v) is 9.47. The fraction of sp³-hybridized carbons (Fsp3) is 0.611. The molecule has 2 saturated heterocycles. The van der Waals surface area contributed by atoms with Crippen LogP contribution in [0.25, 0.3) is 5.70 Å². The summed E-state index contributed by atoms with van der Waals surface area (Å²) in [7, 11) is 0. The van der Waals surface area contributed by atoms with E-state index in [1.807, 2.05) is 33.0 Å². The van der Waals surface area contributed by atoms with Gasteiger partial charge >= 0.3 is 12.1 Å². The first-order valence-electron chi connectivity index (χ1n) is 9.47. The van der Waals surface area contributed by atoms with Crippen LogP contribution in [-0.2, 0) is 4.74 Å². The molecule has 0 aromatic carbocycles. The van der Waals surface area contributed by atoms with Crippen LogP contribution in [0.3, 0.4) is 0 Å². The average Bonchev–Trinajstić information content (AvgIpc) is 3.21. The van der Waals surface area contributed by atoms with Crippen molar-refractivity contribution in [2.24, 2.45) is 0 Å². The van der Waals surface area contributed by atoms with Crippen molar-refractivity contribution >= 4 is 23.5 Å². The Morgan fingerprint density at radius 3 is 2.57 bits per heavy atom. The molecule has 10 heteroatoms. The minimum absolute atomic E-state index is 0.280. The molecule has 1 N–H and O–H groups in total. The molecule has 3 aliphatic heterocycles. The van der Waals surface area contributed by atoms with E-state index in [9.17, 15) is 14.8 Å². The largest absolute Gasteiger partial charge is 0.444 e. The molecule has 28 heavy (non-hydrogen) atoms. The molecule has 152 valence electrons. The summed E-state index contributed by atoms with van der Waals surface area (Å²) in [6.45, 7) is 9.08. The van der Waals surface area contributed by atoms with E-state index < -0.39 is 5.60 Å². The van der Waals surface area contributed by atoms with Gasteiger partial charge in [-0.1, -0.05) is 0 Å². The van der Waals surface area contributed by atoms with Crippen molar-refractivity contribution in [2.75, 3.05) is 44.2 Å². The van der Waals surface area contributed by atoms with E-state index in [0.717, 1.165) is 16.4 Å². The van der Waals surface area contributed by atoms with Crippen LogP contribution >= 0.6 is 0 Å². The second-order valence-electron chi connectivity index (χ2n) is 8.33. The molecule has 0 aliphatic carbocycles. The molecule has 2 fully saturated rings. The predicted octanol–water partition coefficient (Wildman–Crippen LogP) is 1.29. The summed E-state index contributed by atoms with van der Waals surface area (Å²) in [5.41, 5.74) is 1.33. The van der Waals surface area contributed by atoms with Gasteiger partial charge in [-0.25, -0.2) is 14.3 Å². The van der Waals surface area contributed by atoms with Crippen molar-refractivity contribution in [3.8, 4) is 0 Å². The number of anilines is 1. The van der Waals surface area contributed by atoms with Gasteiger partial charge in [0, 0.05) is 32.7 Å². The topological polar surface area (TPSA) is 94.4 Å². The summed E-state index contributed by atoms with van der Waals surface area (Å²) >= 11 is 0. The normalized spacial score (nSPS) is 22.6. The Hall–Kier alpha value is -2.75. The van der Waals surface area contributed by atoms with Crippen LogP contribution in [-0.4, -0.2) is 92.9 Å². The highest BCUT2D eigenvalue weighted by atomic mass is 16.6. The molecule has 4 heterocycles. The third kappa shape index (κ3) is 3.51. The Kier molecular flexibility index (Phi) is 4.45. The molecule has 4 rings (SSSR count). The summed E-state index contributed by atoms with van der Waals surface area (Å²) in [6.07, 6.45) is 5.30. The maximum absolute atomic E-state index is 12.2. The van der Waals surface area contributed by atoms with Gasteiger partial charge in [0.15, 0.2) is 0 Å². The third-order valence-electron chi connectivity index (χ3n) is 5.09. The lowest BCUT2D eigenvalue weighted by Gasteiger charge is -2.36. The highest BCUT2D eigenvalue weighted by Gasteiger charge is 2.39. The number of carbonyl (C=O) groups is 2. The first kappa shape index (κ1) is 18.6. The van der Waals surface area contributed by atoms with Gasteiger partial charge in [0.2, 0.25) is 0 Å². The van der Waals surface area contributed by atoms with Crippen LogP contribution in [0.2, 0.25) is 0 Å². The number of aromatic nitrogens is 2. The van der Waals surface area contributed by atoms with Crippen molar-refractivity contribution in [1.82, 2.24) is 24.6 Å². The Balaban J connectivity index is 1.38. The van der Waals surface area contributed by atoms with Crippen LogP contribution in [0.4, 0.5) is 15.3 Å². The minimum Gasteiger partial charge on any atom is -0.444 e. The number of hydroxylamine groups is 2. The van der Waals surface area contributed by atoms with E-state index in [1.165, 1.54) is 0 Å². The number of nitrogens with zero attached hydrogens (tertiary/aromatic N) is 6. The number of fused-ring (bicyclic) bond motifs is 2. The number of amides is 3. The van der Waals surface area contributed by atoms with Gasteiger partial charge in [-0.15, -0.1) is 0 Å². The Bertz CT molecular complexity index is 805. The molecule has 1 aromatic heterocycles. The summed E-state index contributed by atoms with van der Waals surface area (Å²) in [5.74, 6) is 0. The number of urea groups is 1. The molecule has 2 bridgehead atoms. The number of piperazine rings is 1. The molecule has 1 atom stereocenters. The minimum atomic E-state index is -0.496. The quantitative estimate of drug-likeness (QED) is 0.765. The molecule has 0 radical (unpaired) electrons. The molecule has 10 nitrogen and oxygen atoms in total. The van der Waals surface area contributed by atoms with Crippen molar-refractivity contribution in [1.29, 1.82) is 0 Å². The van der Waals surface area contributed by atoms with Crippen LogP contribution in [0, 0.1) is 0 Å². The lowest BCUT2D eigenvalue weighted by molar-refractivity contribution is -0.0450. The highest BCUT2D eigenvalue weighted by molar-refractivity contribution is 5.80. The summed E-state index contributed by atoms with van der Waals surface area (Å²) in [5, 5.41) is 15.0. The lowest BCUT2D eigenvalue weighted by atomic mass is 10.2. The van der Waals surface area contributed by atoms with Gasteiger partial charge < -0.3 is 19.4 Å². The monoisotopic (exact) mass is 390 g/mol. The van der Waals surface area contributed by atoms with Crippen LogP contribution in [0.15, 0.2) is 18.5 Å². The lowest BCUT2D eigenvalue weighted by Crippen LogP contribution is -2.50. The average molecular weight is 390 g/mol. The van der Waals surface area contributed by atoms with Crippen LogP contribution in [0.1, 0.15) is 20.8 Å². The van der Waals surface area contributed by atoms with Crippen molar-refractivity contribution in [3.05, 3.63) is 18.5 Å². The maximum Gasteiger partial charge on any atom is 0.410 e. The first-order chi connectivity index (χ1) is 13.2. The number of hydrogen-bond acceptors (Lipinski definition) is 6. The van der Waals surface area contributed by atoms with E-state index in [4.69, 9.17) is 4.74 Å². The molecular weight excluding hydrogens is 364 g/mol. The van der Waals surface area contributed by atoms with Gasteiger partial charge in [-0.2, -0.15) is 10.2 Å². The zero-order valence-electron chi connectivity index (χ0n) is 16.4. The highest BCUT2D eigenvalue weighted by Crippen LogP contribution is 2.26. The van der Waals surface area contributed by atoms with E-state index in [2.05, 4.69) is 10.00 Å². The van der Waals surface area contributed by atoms with Gasteiger partial charge in [0.25, 0.3) is 0 Å². The molecule has 1 unspecified atom stereocenters. The van der Waals surface area contributed by atoms with E-state index in [-0.39, 0.29) is 18.2 Å². The predicted molar refractivity (Wildman–Crippen MR) is 101 cm³/mol. The standard InChI is InChI=1S/C18H26N6O4/c1-18(2,3)28-17(26)21-6-4-20(5-7-21)15-9-19-23(12-15)13-8-14-11-22(10-13)16(25)24(14)27/h8-9,12,14,27H,4-7,10-11H2,1-3H3. The summed E-state index contributed by atoms with van der Waals surface area (Å²) < 4.78 is 7.18. The molecule has 3 aliphatic rings. The second-order valence-corrected chi connectivity index (χ2v) is 8.33. The van der Waals surface area contributed by atoms with E-state index >= 15 is 0 Å². The SMILES string of the molecule is CC(C)(C)OC(=O)N1CCN(c2cnn(C3=CC4CN(C3)C(=O)N4O)c2)CC1. The number of carbonyl (C=O) groups excluding carboxylic acids is 2. The zero-order valence-corrected chi connectivity index (χ0v) is 16.4. The molecule has 1 aromatic rings. The van der Waals surface area contributed by atoms with Crippen molar-refractivity contribution in [2.45, 2.75) is 32.4 Å². The number of ether oxygens (including phenoxy) is 1. The number of hydrogen-bond donors (Lipinski definition) is 1. The van der Waals surface area contributed by atoms with Crippen LogP contribution in [0.5, 0.6) is 0 Å². The fourth-order valence-electron chi connectivity index (χ4n) is 3.65. The Labute approximate surface area is 163 Å². The van der Waals surface area contributed by atoms with Gasteiger partial charge in [-0.05, 0) is 26.8 Å². The zero-order chi connectivity index (χ0) is 20.1. The second kappa shape index (κ2) is 6.69.